The van der Waals surface area contributed by atoms with Crippen LogP contribution in [-0.4, -0.2) is 54.5 Å². The highest BCUT2D eigenvalue weighted by molar-refractivity contribution is 6.09. The van der Waals surface area contributed by atoms with Gasteiger partial charge in [-0.25, -0.2) is 4.79 Å². The summed E-state index contributed by atoms with van der Waals surface area (Å²) in [6.45, 7) is -2.91. The van der Waals surface area contributed by atoms with Crippen molar-refractivity contribution in [1.82, 2.24) is 15.1 Å². The Kier molecular flexibility index (Phi) is 5.68. The minimum Gasteiger partial charge on any atom is -0.493 e. The minimum absolute atomic E-state index is 0.0131. The van der Waals surface area contributed by atoms with Crippen LogP contribution in [0.1, 0.15) is 17.5 Å². The molecule has 0 aliphatic carbocycles. The lowest BCUT2D eigenvalue weighted by molar-refractivity contribution is -0.139. The van der Waals surface area contributed by atoms with E-state index in [0.717, 1.165) is 4.90 Å². The Bertz CT molecular complexity index is 1050. The molecule has 1 atom stereocenters. The molecule has 1 unspecified atom stereocenters. The fraction of sp³-hybridized carbons (Fsp3) is 0.318. The molecule has 1 spiro atoms. The molecule has 4 rings (SSSR count). The number of alkyl halides is 2. The number of amides is 4. The van der Waals surface area contributed by atoms with E-state index in [2.05, 4.69) is 10.1 Å². The summed E-state index contributed by atoms with van der Waals surface area (Å²) in [5.41, 5.74) is -0.000748. The highest BCUT2D eigenvalue weighted by Crippen LogP contribution is 2.40. The van der Waals surface area contributed by atoms with Crippen molar-refractivity contribution >= 4 is 17.8 Å². The predicted octanol–water partition coefficient (Wildman–Crippen LogP) is 2.48. The molecule has 4 amide bonds. The average molecular weight is 445 g/mol. The van der Waals surface area contributed by atoms with Crippen LogP contribution < -0.4 is 14.8 Å². The number of urea groups is 1. The number of nitrogens with zero attached hydrogens (tertiary/aromatic N) is 2. The van der Waals surface area contributed by atoms with Gasteiger partial charge in [0, 0.05) is 25.6 Å². The SMILES string of the molecule is CN(Cc1ccc(OC(F)F)cc1)C(=O)CN1C(=O)NC2(CCOc3ccccc32)C1=O. The Morgan fingerprint density at radius 3 is 2.66 bits per heavy atom. The largest absolute Gasteiger partial charge is 0.493 e. The number of ether oxygens (including phenoxy) is 2. The van der Waals surface area contributed by atoms with Gasteiger partial charge >= 0.3 is 12.6 Å². The molecule has 32 heavy (non-hydrogen) atoms. The molecule has 1 saturated heterocycles. The summed E-state index contributed by atoms with van der Waals surface area (Å²) >= 11 is 0. The molecule has 168 valence electrons. The summed E-state index contributed by atoms with van der Waals surface area (Å²) in [4.78, 5) is 40.9. The van der Waals surface area contributed by atoms with Gasteiger partial charge in [-0.2, -0.15) is 8.78 Å². The third-order valence-electron chi connectivity index (χ3n) is 5.54. The first kappa shape index (κ1) is 21.5. The van der Waals surface area contributed by atoms with Gasteiger partial charge in [-0.3, -0.25) is 14.5 Å². The standard InChI is InChI=1S/C22H21F2N3O5/c1-26(12-14-6-8-15(9-7-14)32-20(23)24)18(28)13-27-19(29)22(25-21(27)30)10-11-31-17-5-3-2-4-16(17)22/h2-9,20H,10-13H2,1H3,(H,25,30). The van der Waals surface area contributed by atoms with Gasteiger partial charge in [0.1, 0.15) is 18.0 Å². The quantitative estimate of drug-likeness (QED) is 0.691. The van der Waals surface area contributed by atoms with Crippen molar-refractivity contribution < 1.29 is 32.6 Å². The molecule has 0 aromatic heterocycles. The van der Waals surface area contributed by atoms with Gasteiger partial charge in [0.25, 0.3) is 5.91 Å². The Balaban J connectivity index is 1.43. The summed E-state index contributed by atoms with van der Waals surface area (Å²) < 4.78 is 34.4. The zero-order valence-corrected chi connectivity index (χ0v) is 17.2. The number of nitrogens with one attached hydrogen (secondary N) is 1. The zero-order chi connectivity index (χ0) is 22.9. The average Bonchev–Trinajstić information content (AvgIpc) is 2.99. The molecular formula is C22H21F2N3O5. The van der Waals surface area contributed by atoms with E-state index in [1.54, 1.807) is 36.4 Å². The van der Waals surface area contributed by atoms with Crippen LogP contribution >= 0.6 is 0 Å². The second-order valence-electron chi connectivity index (χ2n) is 7.59. The predicted molar refractivity (Wildman–Crippen MR) is 108 cm³/mol. The number of hydrogen-bond acceptors (Lipinski definition) is 5. The van der Waals surface area contributed by atoms with Crippen LogP contribution in [0.3, 0.4) is 0 Å². The van der Waals surface area contributed by atoms with E-state index >= 15 is 0 Å². The molecule has 1 N–H and O–H groups in total. The Morgan fingerprint density at radius 1 is 1.22 bits per heavy atom. The molecule has 0 bridgehead atoms. The van der Waals surface area contributed by atoms with Crippen molar-refractivity contribution in [2.24, 2.45) is 0 Å². The molecule has 1 fully saturated rings. The van der Waals surface area contributed by atoms with Gasteiger partial charge in [0.2, 0.25) is 5.91 Å². The monoisotopic (exact) mass is 445 g/mol. The smallest absolute Gasteiger partial charge is 0.387 e. The van der Waals surface area contributed by atoms with E-state index in [1.807, 2.05) is 0 Å². The van der Waals surface area contributed by atoms with Crippen molar-refractivity contribution in [2.75, 3.05) is 20.2 Å². The van der Waals surface area contributed by atoms with Crippen molar-refractivity contribution in [2.45, 2.75) is 25.1 Å². The van der Waals surface area contributed by atoms with Gasteiger partial charge in [-0.15, -0.1) is 0 Å². The maximum absolute atomic E-state index is 13.2. The van der Waals surface area contributed by atoms with Crippen LogP contribution in [0.5, 0.6) is 11.5 Å². The topological polar surface area (TPSA) is 88.2 Å². The van der Waals surface area contributed by atoms with Crippen molar-refractivity contribution in [3.05, 3.63) is 59.7 Å². The number of fused-ring (bicyclic) bond motifs is 2. The Labute approximate surface area is 182 Å². The van der Waals surface area contributed by atoms with Crippen LogP contribution in [0, 0.1) is 0 Å². The first-order valence-corrected chi connectivity index (χ1v) is 9.94. The highest BCUT2D eigenvalue weighted by atomic mass is 19.3. The number of benzene rings is 2. The van der Waals surface area contributed by atoms with Crippen molar-refractivity contribution in [1.29, 1.82) is 0 Å². The number of halogens is 2. The van der Waals surface area contributed by atoms with Crippen molar-refractivity contribution in [3.8, 4) is 11.5 Å². The Morgan fingerprint density at radius 2 is 1.94 bits per heavy atom. The zero-order valence-electron chi connectivity index (χ0n) is 17.2. The van der Waals surface area contributed by atoms with Gasteiger partial charge < -0.3 is 19.7 Å². The van der Waals surface area contributed by atoms with Gasteiger partial charge in [0.05, 0.1) is 6.61 Å². The van der Waals surface area contributed by atoms with Crippen LogP contribution in [0.2, 0.25) is 0 Å². The summed E-state index contributed by atoms with van der Waals surface area (Å²) in [5.74, 6) is -0.400. The molecule has 2 aromatic rings. The number of imide groups is 1. The fourth-order valence-electron chi connectivity index (χ4n) is 3.91. The third-order valence-corrected chi connectivity index (χ3v) is 5.54. The maximum atomic E-state index is 13.2. The van der Waals surface area contributed by atoms with E-state index in [0.29, 0.717) is 16.9 Å². The van der Waals surface area contributed by atoms with E-state index < -0.39 is 36.5 Å². The molecular weight excluding hydrogens is 424 g/mol. The third kappa shape index (κ3) is 3.95. The van der Waals surface area contributed by atoms with E-state index in [-0.39, 0.29) is 25.3 Å². The molecule has 8 nitrogen and oxygen atoms in total. The first-order valence-electron chi connectivity index (χ1n) is 9.94. The van der Waals surface area contributed by atoms with Crippen LogP contribution in [0.25, 0.3) is 0 Å². The summed E-state index contributed by atoms with van der Waals surface area (Å²) in [7, 11) is 1.53. The molecule has 2 aliphatic heterocycles. The highest BCUT2D eigenvalue weighted by Gasteiger charge is 2.55. The van der Waals surface area contributed by atoms with Crippen LogP contribution in [0.4, 0.5) is 13.6 Å². The second-order valence-corrected chi connectivity index (χ2v) is 7.59. The number of likely N-dealkylation sites (N-methyl/N-ethyl adjacent to an activating group) is 1. The molecule has 0 saturated carbocycles. The minimum atomic E-state index is -2.92. The van der Waals surface area contributed by atoms with Gasteiger partial charge in [-0.05, 0) is 23.8 Å². The lowest BCUT2D eigenvalue weighted by Gasteiger charge is -2.33. The first-order chi connectivity index (χ1) is 15.3. The summed E-state index contributed by atoms with van der Waals surface area (Å²) in [6.07, 6.45) is 0.266. The number of carbonyl (C=O) groups is 3. The molecule has 0 radical (unpaired) electrons. The second kappa shape index (κ2) is 8.45. The molecule has 2 aromatic carbocycles. The van der Waals surface area contributed by atoms with E-state index in [1.165, 1.54) is 24.1 Å². The number of hydrogen-bond donors (Lipinski definition) is 1. The van der Waals surface area contributed by atoms with Gasteiger partial charge in [-0.1, -0.05) is 30.3 Å². The lowest BCUT2D eigenvalue weighted by atomic mass is 9.84. The fourth-order valence-corrected chi connectivity index (χ4v) is 3.91. The molecule has 2 aliphatic rings. The van der Waals surface area contributed by atoms with Crippen molar-refractivity contribution in [3.63, 3.8) is 0 Å². The number of carbonyl (C=O) groups excluding carboxylic acids is 3. The molecule has 2 heterocycles. The van der Waals surface area contributed by atoms with Gasteiger partial charge in [0.15, 0.2) is 5.54 Å². The number of para-hydroxylation sites is 1. The normalized spacial score (nSPS) is 19.6. The summed E-state index contributed by atoms with van der Waals surface area (Å²) in [6, 6.07) is 12.2. The summed E-state index contributed by atoms with van der Waals surface area (Å²) in [5, 5.41) is 2.75. The van der Waals surface area contributed by atoms with E-state index in [4.69, 9.17) is 4.74 Å². The molecule has 10 heteroatoms. The Hall–Kier alpha value is -3.69. The maximum Gasteiger partial charge on any atom is 0.387 e. The van der Waals surface area contributed by atoms with Crippen LogP contribution in [-0.2, 0) is 21.7 Å². The van der Waals surface area contributed by atoms with E-state index in [9.17, 15) is 23.2 Å². The van der Waals surface area contributed by atoms with Crippen LogP contribution in [0.15, 0.2) is 48.5 Å². The number of rotatable bonds is 6. The lowest BCUT2D eigenvalue weighted by Crippen LogP contribution is -2.48.